The van der Waals surface area contributed by atoms with Gasteiger partial charge in [-0.2, -0.15) is 0 Å². The molecule has 1 unspecified atom stereocenters. The van der Waals surface area contributed by atoms with Gasteiger partial charge in [0.1, 0.15) is 24.4 Å². The monoisotopic (exact) mass is 301 g/mol. The van der Waals surface area contributed by atoms with Crippen LogP contribution in [0.25, 0.3) is 0 Å². The molecule has 0 amide bonds. The van der Waals surface area contributed by atoms with Crippen molar-refractivity contribution in [2.45, 2.75) is 30.7 Å². The van der Waals surface area contributed by atoms with Crippen LogP contribution in [0.4, 0.5) is 5.69 Å². The van der Waals surface area contributed by atoms with Gasteiger partial charge in [-0.25, -0.2) is 0 Å². The summed E-state index contributed by atoms with van der Waals surface area (Å²) in [5.41, 5.74) is -0.338. The van der Waals surface area contributed by atoms with Crippen LogP contribution in [0.2, 0.25) is 0 Å². The number of nitrogens with zero attached hydrogens (tertiary/aromatic N) is 1. The minimum atomic E-state index is -1.62. The summed E-state index contributed by atoms with van der Waals surface area (Å²) in [7, 11) is 0. The SMILES string of the molecule is O=[N+]([O-])c1ccccc1OC1O[C@H](CO)[C@@H](O)[C@H](O)[C@@H]1O. The van der Waals surface area contributed by atoms with Gasteiger partial charge < -0.3 is 29.9 Å². The third-order valence-electron chi connectivity index (χ3n) is 3.15. The van der Waals surface area contributed by atoms with Crippen LogP contribution in [-0.2, 0) is 4.74 Å². The maximum atomic E-state index is 10.9. The molecule has 1 saturated heterocycles. The fourth-order valence-corrected chi connectivity index (χ4v) is 2.00. The molecule has 4 N–H and O–H groups in total. The average Bonchev–Trinajstić information content (AvgIpc) is 2.48. The number of nitro groups is 1. The molecule has 9 heteroatoms. The average molecular weight is 301 g/mol. The van der Waals surface area contributed by atoms with E-state index in [9.17, 15) is 25.4 Å². The van der Waals surface area contributed by atoms with E-state index in [0.717, 1.165) is 0 Å². The van der Waals surface area contributed by atoms with Crippen molar-refractivity contribution < 1.29 is 34.8 Å². The Morgan fingerprint density at radius 2 is 1.86 bits per heavy atom. The predicted octanol–water partition coefficient (Wildman–Crippen LogP) is -1.23. The second-order valence-corrected chi connectivity index (χ2v) is 4.54. The fourth-order valence-electron chi connectivity index (χ4n) is 2.00. The Bertz CT molecular complexity index is 508. The fraction of sp³-hybridized carbons (Fsp3) is 0.500. The minimum Gasteiger partial charge on any atom is -0.455 e. The highest BCUT2D eigenvalue weighted by atomic mass is 16.7. The molecule has 1 fully saturated rings. The van der Waals surface area contributed by atoms with Crippen LogP contribution < -0.4 is 4.74 Å². The number of nitro benzene ring substituents is 1. The maximum Gasteiger partial charge on any atom is 0.311 e. The van der Waals surface area contributed by atoms with Gasteiger partial charge in [-0.05, 0) is 6.07 Å². The Kier molecular flexibility index (Phi) is 4.70. The molecule has 1 aromatic rings. The zero-order valence-corrected chi connectivity index (χ0v) is 10.8. The molecule has 1 heterocycles. The molecule has 116 valence electrons. The summed E-state index contributed by atoms with van der Waals surface area (Å²) in [6.07, 6.45) is -7.35. The first-order valence-electron chi connectivity index (χ1n) is 6.16. The van der Waals surface area contributed by atoms with Gasteiger partial charge in [0.2, 0.25) is 6.29 Å². The van der Waals surface area contributed by atoms with Gasteiger partial charge in [0.25, 0.3) is 0 Å². The molecule has 0 bridgehead atoms. The number of ether oxygens (including phenoxy) is 2. The smallest absolute Gasteiger partial charge is 0.311 e. The molecular formula is C12H15NO8. The molecule has 0 radical (unpaired) electrons. The highest BCUT2D eigenvalue weighted by Crippen LogP contribution is 2.30. The first-order valence-corrected chi connectivity index (χ1v) is 6.16. The predicted molar refractivity (Wildman–Crippen MR) is 67.5 cm³/mol. The van der Waals surface area contributed by atoms with E-state index < -0.39 is 42.2 Å². The van der Waals surface area contributed by atoms with Crippen molar-refractivity contribution in [2.75, 3.05) is 6.61 Å². The standard InChI is InChI=1S/C12H15NO8/c14-5-8-9(15)10(16)11(17)12(21-8)20-7-4-2-1-3-6(7)13(18)19/h1-4,8-12,14-17H,5H2/t8-,9-,10+,11+,12?/m1/s1. The molecule has 0 aliphatic carbocycles. The van der Waals surface area contributed by atoms with Crippen molar-refractivity contribution in [3.63, 3.8) is 0 Å². The Balaban J connectivity index is 2.20. The minimum absolute atomic E-state index is 0.160. The van der Waals surface area contributed by atoms with Gasteiger partial charge in [0, 0.05) is 6.07 Å². The summed E-state index contributed by atoms with van der Waals surface area (Å²) in [6, 6.07) is 5.45. The first-order chi connectivity index (χ1) is 9.95. The van der Waals surface area contributed by atoms with E-state index in [1.54, 1.807) is 0 Å². The molecule has 9 nitrogen and oxygen atoms in total. The number of benzene rings is 1. The van der Waals surface area contributed by atoms with Crippen molar-refractivity contribution in [3.05, 3.63) is 34.4 Å². The second kappa shape index (κ2) is 6.33. The van der Waals surface area contributed by atoms with E-state index in [1.165, 1.54) is 24.3 Å². The first kappa shape index (κ1) is 15.6. The van der Waals surface area contributed by atoms with Crippen LogP contribution in [0, 0.1) is 10.1 Å². The molecule has 0 aromatic heterocycles. The summed E-state index contributed by atoms with van der Waals surface area (Å²) in [5.74, 6) is -0.160. The zero-order chi connectivity index (χ0) is 15.6. The van der Waals surface area contributed by atoms with E-state index >= 15 is 0 Å². The lowest BCUT2D eigenvalue weighted by Gasteiger charge is -2.39. The van der Waals surface area contributed by atoms with Crippen molar-refractivity contribution in [2.24, 2.45) is 0 Å². The maximum absolute atomic E-state index is 10.9. The van der Waals surface area contributed by atoms with E-state index in [4.69, 9.17) is 14.6 Å². The molecule has 1 aliphatic heterocycles. The summed E-state index contributed by atoms with van der Waals surface area (Å²) in [6.45, 7) is -0.609. The highest BCUT2D eigenvalue weighted by Gasteiger charge is 2.45. The molecular weight excluding hydrogens is 286 g/mol. The molecule has 5 atom stereocenters. The molecule has 21 heavy (non-hydrogen) atoms. The summed E-state index contributed by atoms with van der Waals surface area (Å²) in [4.78, 5) is 10.2. The lowest BCUT2D eigenvalue weighted by atomic mass is 9.99. The van der Waals surface area contributed by atoms with E-state index in [0.29, 0.717) is 0 Å². The molecule has 0 saturated carbocycles. The Morgan fingerprint density at radius 1 is 1.19 bits per heavy atom. The van der Waals surface area contributed by atoms with Gasteiger partial charge in [0.05, 0.1) is 11.5 Å². The van der Waals surface area contributed by atoms with Gasteiger partial charge in [-0.3, -0.25) is 10.1 Å². The van der Waals surface area contributed by atoms with Gasteiger partial charge in [-0.1, -0.05) is 12.1 Å². The topological polar surface area (TPSA) is 143 Å². The third kappa shape index (κ3) is 3.12. The zero-order valence-electron chi connectivity index (χ0n) is 10.8. The molecule has 1 aliphatic rings. The van der Waals surface area contributed by atoms with E-state index in [2.05, 4.69) is 0 Å². The van der Waals surface area contributed by atoms with E-state index in [1.807, 2.05) is 0 Å². The van der Waals surface area contributed by atoms with Crippen molar-refractivity contribution in [3.8, 4) is 5.75 Å². The summed E-state index contributed by atoms with van der Waals surface area (Å²) in [5, 5.41) is 49.0. The van der Waals surface area contributed by atoms with Crippen molar-refractivity contribution in [1.82, 2.24) is 0 Å². The summed E-state index contributed by atoms with van der Waals surface area (Å²) < 4.78 is 10.3. The van der Waals surface area contributed by atoms with Crippen LogP contribution in [0.15, 0.2) is 24.3 Å². The van der Waals surface area contributed by atoms with Gasteiger partial charge >= 0.3 is 5.69 Å². The summed E-state index contributed by atoms with van der Waals surface area (Å²) >= 11 is 0. The lowest BCUT2D eigenvalue weighted by Crippen LogP contribution is -2.60. The van der Waals surface area contributed by atoms with Crippen LogP contribution in [0.1, 0.15) is 0 Å². The van der Waals surface area contributed by atoms with Crippen molar-refractivity contribution in [1.29, 1.82) is 0 Å². The third-order valence-corrected chi connectivity index (χ3v) is 3.15. The van der Waals surface area contributed by atoms with Crippen LogP contribution in [-0.4, -0.2) is 62.7 Å². The van der Waals surface area contributed by atoms with Crippen LogP contribution >= 0.6 is 0 Å². The number of hydrogen-bond acceptors (Lipinski definition) is 8. The highest BCUT2D eigenvalue weighted by molar-refractivity contribution is 5.45. The quantitative estimate of drug-likeness (QED) is 0.400. The Hall–Kier alpha value is -1.78. The van der Waals surface area contributed by atoms with Crippen LogP contribution in [0.5, 0.6) is 5.75 Å². The van der Waals surface area contributed by atoms with E-state index in [-0.39, 0.29) is 11.4 Å². The number of aliphatic hydroxyl groups is 4. The van der Waals surface area contributed by atoms with Crippen molar-refractivity contribution >= 4 is 5.69 Å². The van der Waals surface area contributed by atoms with Crippen LogP contribution in [0.3, 0.4) is 0 Å². The number of rotatable bonds is 4. The van der Waals surface area contributed by atoms with Gasteiger partial charge in [-0.15, -0.1) is 0 Å². The largest absolute Gasteiger partial charge is 0.455 e. The normalized spacial score (nSPS) is 32.7. The second-order valence-electron chi connectivity index (χ2n) is 4.54. The molecule has 0 spiro atoms. The Labute approximate surface area is 119 Å². The Morgan fingerprint density at radius 3 is 2.48 bits per heavy atom. The van der Waals surface area contributed by atoms with Gasteiger partial charge in [0.15, 0.2) is 5.75 Å². The molecule has 1 aromatic carbocycles. The lowest BCUT2D eigenvalue weighted by molar-refractivity contribution is -0.387. The number of hydrogen-bond donors (Lipinski definition) is 4. The molecule has 2 rings (SSSR count). The number of para-hydroxylation sites is 2. The number of aliphatic hydroxyl groups excluding tert-OH is 4.